The van der Waals surface area contributed by atoms with Gasteiger partial charge >= 0.3 is 6.09 Å². The van der Waals surface area contributed by atoms with Gasteiger partial charge in [-0.15, -0.1) is 0 Å². The molecule has 0 saturated heterocycles. The van der Waals surface area contributed by atoms with Crippen molar-refractivity contribution in [2.24, 2.45) is 5.73 Å². The number of hydrogen-bond acceptors (Lipinski definition) is 3. The fourth-order valence-electron chi connectivity index (χ4n) is 3.00. The fourth-order valence-corrected chi connectivity index (χ4v) is 3.00. The van der Waals surface area contributed by atoms with Crippen LogP contribution in [0.3, 0.4) is 0 Å². The zero-order valence-electron chi connectivity index (χ0n) is 11.3. The summed E-state index contributed by atoms with van der Waals surface area (Å²) in [4.78, 5) is 14.1. The first-order valence-corrected chi connectivity index (χ1v) is 7.01. The van der Waals surface area contributed by atoms with Gasteiger partial charge in [-0.2, -0.15) is 0 Å². The van der Waals surface area contributed by atoms with Crippen LogP contribution in [-0.4, -0.2) is 24.2 Å². The third kappa shape index (κ3) is 2.49. The molecule has 0 spiro atoms. The average molecular weight is 273 g/mol. The summed E-state index contributed by atoms with van der Waals surface area (Å²) in [6.45, 7) is 0.920. The van der Waals surface area contributed by atoms with Crippen LogP contribution in [0.25, 0.3) is 10.9 Å². The summed E-state index contributed by atoms with van der Waals surface area (Å²) in [5.41, 5.74) is 8.83. The Bertz CT molecular complexity index is 621. The van der Waals surface area contributed by atoms with Crippen LogP contribution in [0.15, 0.2) is 24.3 Å². The second kappa shape index (κ2) is 5.54. The largest absolute Gasteiger partial charge is 0.448 e. The molecule has 2 aromatic rings. The maximum atomic E-state index is 10.5. The topological polar surface area (TPSA) is 80.1 Å². The fraction of sp³-hybridized carbons (Fsp3) is 0.400. The van der Waals surface area contributed by atoms with E-state index in [2.05, 4.69) is 28.5 Å². The Balaban J connectivity index is 1.74. The van der Waals surface area contributed by atoms with Crippen LogP contribution in [0.1, 0.15) is 30.1 Å². The summed E-state index contributed by atoms with van der Waals surface area (Å²) < 4.78 is 4.75. The Labute approximate surface area is 117 Å². The Morgan fingerprint density at radius 1 is 1.45 bits per heavy atom. The zero-order chi connectivity index (χ0) is 13.9. The molecule has 20 heavy (non-hydrogen) atoms. The Morgan fingerprint density at radius 2 is 2.30 bits per heavy atom. The van der Waals surface area contributed by atoms with Crippen LogP contribution < -0.4 is 11.1 Å². The summed E-state index contributed by atoms with van der Waals surface area (Å²) in [7, 11) is 0. The van der Waals surface area contributed by atoms with Gasteiger partial charge in [0.1, 0.15) is 6.61 Å². The van der Waals surface area contributed by atoms with Crippen LogP contribution in [0.4, 0.5) is 4.79 Å². The summed E-state index contributed by atoms with van der Waals surface area (Å²) in [5.74, 6) is 0. The minimum absolute atomic E-state index is 0.294. The molecule has 1 atom stereocenters. The first-order chi connectivity index (χ1) is 9.75. The third-order valence-corrected chi connectivity index (χ3v) is 3.85. The van der Waals surface area contributed by atoms with Crippen LogP contribution in [0.2, 0.25) is 0 Å². The lowest BCUT2D eigenvalue weighted by molar-refractivity contribution is 0.155. The second-order valence-electron chi connectivity index (χ2n) is 5.13. The van der Waals surface area contributed by atoms with E-state index in [4.69, 9.17) is 10.5 Å². The van der Waals surface area contributed by atoms with E-state index in [1.54, 1.807) is 0 Å². The molecule has 106 valence electrons. The molecule has 0 bridgehead atoms. The van der Waals surface area contributed by atoms with E-state index in [9.17, 15) is 4.79 Å². The van der Waals surface area contributed by atoms with Crippen LogP contribution in [0.5, 0.6) is 0 Å². The number of ether oxygens (including phenoxy) is 1. The number of carbonyl (C=O) groups excluding carboxylic acids is 1. The predicted octanol–water partition coefficient (Wildman–Crippen LogP) is 2.23. The number of hydrogen-bond donors (Lipinski definition) is 3. The van der Waals surface area contributed by atoms with Crippen molar-refractivity contribution in [3.05, 3.63) is 35.5 Å². The van der Waals surface area contributed by atoms with Gasteiger partial charge in [-0.25, -0.2) is 4.79 Å². The molecule has 0 saturated carbocycles. The molecule has 1 aliphatic carbocycles. The SMILES string of the molecule is NC(=O)OCCNC1CCCc2c1[nH]c1ccccc21. The number of fused-ring (bicyclic) bond motifs is 3. The summed E-state index contributed by atoms with van der Waals surface area (Å²) >= 11 is 0. The molecule has 1 amide bonds. The van der Waals surface area contributed by atoms with Gasteiger partial charge in [-0.1, -0.05) is 18.2 Å². The van der Waals surface area contributed by atoms with E-state index < -0.39 is 6.09 Å². The lowest BCUT2D eigenvalue weighted by Crippen LogP contribution is -2.29. The molecule has 1 aliphatic rings. The quantitative estimate of drug-likeness (QED) is 0.747. The highest BCUT2D eigenvalue weighted by Crippen LogP contribution is 2.34. The standard InChI is InChI=1S/C15H19N3O2/c16-15(19)20-9-8-17-13-7-3-5-11-10-4-1-2-6-12(10)18-14(11)13/h1-2,4,6,13,17-18H,3,5,7-9H2,(H2,16,19). The molecule has 1 heterocycles. The number of nitrogens with one attached hydrogen (secondary N) is 2. The third-order valence-electron chi connectivity index (χ3n) is 3.85. The number of para-hydroxylation sites is 1. The Hall–Kier alpha value is -2.01. The van der Waals surface area contributed by atoms with Gasteiger partial charge in [-0.05, 0) is 30.9 Å². The molecule has 5 nitrogen and oxygen atoms in total. The summed E-state index contributed by atoms with van der Waals surface area (Å²) in [5, 5.41) is 4.75. The maximum absolute atomic E-state index is 10.5. The monoisotopic (exact) mass is 273 g/mol. The number of primary amides is 1. The van der Waals surface area contributed by atoms with Crippen molar-refractivity contribution in [3.8, 4) is 0 Å². The second-order valence-corrected chi connectivity index (χ2v) is 5.13. The zero-order valence-corrected chi connectivity index (χ0v) is 11.3. The summed E-state index contributed by atoms with van der Waals surface area (Å²) in [6.07, 6.45) is 2.66. The number of aromatic nitrogens is 1. The first kappa shape index (κ1) is 13.0. The van der Waals surface area contributed by atoms with Crippen molar-refractivity contribution < 1.29 is 9.53 Å². The van der Waals surface area contributed by atoms with Crippen molar-refractivity contribution >= 4 is 17.0 Å². The van der Waals surface area contributed by atoms with Gasteiger partial charge in [0.15, 0.2) is 0 Å². The molecule has 5 heteroatoms. The molecule has 3 rings (SSSR count). The van der Waals surface area contributed by atoms with E-state index in [-0.39, 0.29) is 0 Å². The number of benzene rings is 1. The molecule has 1 aromatic heterocycles. The van der Waals surface area contributed by atoms with Crippen molar-refractivity contribution in [3.63, 3.8) is 0 Å². The lowest BCUT2D eigenvalue weighted by atomic mass is 9.92. The first-order valence-electron chi connectivity index (χ1n) is 7.01. The molecule has 0 aliphatic heterocycles. The number of amides is 1. The number of aromatic amines is 1. The van der Waals surface area contributed by atoms with Crippen molar-refractivity contribution in [2.45, 2.75) is 25.3 Å². The van der Waals surface area contributed by atoms with Gasteiger partial charge in [0.2, 0.25) is 0 Å². The Morgan fingerprint density at radius 3 is 3.15 bits per heavy atom. The Kier molecular flexibility index (Phi) is 3.60. The minimum atomic E-state index is -0.721. The highest BCUT2D eigenvalue weighted by atomic mass is 16.5. The number of rotatable bonds is 4. The van der Waals surface area contributed by atoms with Gasteiger partial charge in [-0.3, -0.25) is 0 Å². The van der Waals surface area contributed by atoms with Crippen LogP contribution in [-0.2, 0) is 11.2 Å². The highest BCUT2D eigenvalue weighted by Gasteiger charge is 2.23. The molecule has 4 N–H and O–H groups in total. The van der Waals surface area contributed by atoms with Gasteiger partial charge in [0.25, 0.3) is 0 Å². The van der Waals surface area contributed by atoms with Gasteiger partial charge < -0.3 is 20.8 Å². The number of aryl methyl sites for hydroxylation is 1. The number of H-pyrrole nitrogens is 1. The average Bonchev–Trinajstić information content (AvgIpc) is 2.83. The number of nitrogens with two attached hydrogens (primary N) is 1. The van der Waals surface area contributed by atoms with E-state index in [1.807, 2.05) is 6.07 Å². The van der Waals surface area contributed by atoms with Crippen LogP contribution in [0, 0.1) is 0 Å². The summed E-state index contributed by atoms with van der Waals surface area (Å²) in [6, 6.07) is 8.70. The molecule has 1 unspecified atom stereocenters. The van der Waals surface area contributed by atoms with Gasteiger partial charge in [0, 0.05) is 29.2 Å². The van der Waals surface area contributed by atoms with Crippen molar-refractivity contribution in [1.29, 1.82) is 0 Å². The predicted molar refractivity (Wildman–Crippen MR) is 77.5 cm³/mol. The van der Waals surface area contributed by atoms with E-state index in [0.717, 1.165) is 12.8 Å². The molecule has 0 radical (unpaired) electrons. The molecule has 1 aromatic carbocycles. The van der Waals surface area contributed by atoms with Crippen LogP contribution >= 0.6 is 0 Å². The molecule has 0 fully saturated rings. The van der Waals surface area contributed by atoms with E-state index in [1.165, 1.54) is 28.6 Å². The van der Waals surface area contributed by atoms with E-state index >= 15 is 0 Å². The van der Waals surface area contributed by atoms with Crippen molar-refractivity contribution in [1.82, 2.24) is 10.3 Å². The normalized spacial score (nSPS) is 17.9. The van der Waals surface area contributed by atoms with Gasteiger partial charge in [0.05, 0.1) is 0 Å². The smallest absolute Gasteiger partial charge is 0.404 e. The minimum Gasteiger partial charge on any atom is -0.448 e. The highest BCUT2D eigenvalue weighted by molar-refractivity contribution is 5.85. The van der Waals surface area contributed by atoms with Crippen molar-refractivity contribution in [2.75, 3.05) is 13.2 Å². The van der Waals surface area contributed by atoms with E-state index in [0.29, 0.717) is 19.2 Å². The molecular weight excluding hydrogens is 254 g/mol. The molecular formula is C15H19N3O2. The maximum Gasteiger partial charge on any atom is 0.404 e. The number of carbonyl (C=O) groups is 1. The lowest BCUT2D eigenvalue weighted by Gasteiger charge is -2.23.